The first-order valence-corrected chi connectivity index (χ1v) is 11.9. The summed E-state index contributed by atoms with van der Waals surface area (Å²) in [5.74, 6) is 1.46. The van der Waals surface area contributed by atoms with Crippen LogP contribution in [0.15, 0.2) is 42.5 Å². The molecule has 172 valence electrons. The van der Waals surface area contributed by atoms with Crippen molar-refractivity contribution in [1.29, 1.82) is 0 Å². The van der Waals surface area contributed by atoms with E-state index in [-0.39, 0.29) is 17.9 Å². The Labute approximate surface area is 193 Å². The van der Waals surface area contributed by atoms with E-state index in [1.54, 1.807) is 0 Å². The number of amides is 2. The Morgan fingerprint density at radius 3 is 2.67 bits per heavy atom. The van der Waals surface area contributed by atoms with Crippen LogP contribution in [0.25, 0.3) is 11.0 Å². The van der Waals surface area contributed by atoms with Crippen LogP contribution < -0.4 is 10.6 Å². The molecule has 2 amide bonds. The van der Waals surface area contributed by atoms with Crippen molar-refractivity contribution in [1.82, 2.24) is 25.4 Å². The molecular weight excluding hydrogens is 416 g/mol. The molecule has 8 heteroatoms. The number of fused-ring (bicyclic) bond motifs is 1. The molecule has 2 saturated heterocycles. The number of likely N-dealkylation sites (tertiary alicyclic amines) is 1. The zero-order chi connectivity index (χ0) is 22.6. The summed E-state index contributed by atoms with van der Waals surface area (Å²) in [5.41, 5.74) is 3.05. The third kappa shape index (κ3) is 4.99. The van der Waals surface area contributed by atoms with E-state index in [0.717, 1.165) is 61.3 Å². The van der Waals surface area contributed by atoms with Gasteiger partial charge in [0.2, 0.25) is 11.8 Å². The molecule has 2 aliphatic heterocycles. The number of H-pyrrole nitrogens is 1. The number of carbonyl (C=O) groups excluding carboxylic acids is 2. The lowest BCUT2D eigenvalue weighted by molar-refractivity contribution is -0.132. The second-order valence-electron chi connectivity index (χ2n) is 9.04. The van der Waals surface area contributed by atoms with Crippen LogP contribution >= 0.6 is 0 Å². The molecular formula is C25H30N6O2. The summed E-state index contributed by atoms with van der Waals surface area (Å²) in [6.45, 7) is 2.22. The van der Waals surface area contributed by atoms with Crippen molar-refractivity contribution >= 4 is 28.7 Å². The number of hydrogen-bond donors (Lipinski definition) is 3. The Morgan fingerprint density at radius 2 is 1.91 bits per heavy atom. The van der Waals surface area contributed by atoms with E-state index >= 15 is 0 Å². The zero-order valence-electron chi connectivity index (χ0n) is 18.7. The van der Waals surface area contributed by atoms with Gasteiger partial charge in [-0.25, -0.2) is 4.98 Å². The van der Waals surface area contributed by atoms with Crippen LogP contribution in [0.2, 0.25) is 0 Å². The average molecular weight is 447 g/mol. The van der Waals surface area contributed by atoms with Gasteiger partial charge in [0.25, 0.3) is 0 Å². The maximum atomic E-state index is 12.6. The van der Waals surface area contributed by atoms with Gasteiger partial charge in [0.1, 0.15) is 0 Å². The Hall–Kier alpha value is -3.42. The first kappa shape index (κ1) is 21.4. The Balaban J connectivity index is 1.14. The maximum absolute atomic E-state index is 12.6. The van der Waals surface area contributed by atoms with E-state index < -0.39 is 0 Å². The molecule has 2 aromatic heterocycles. The number of anilines is 1. The monoisotopic (exact) mass is 446 g/mol. The summed E-state index contributed by atoms with van der Waals surface area (Å²) in [5, 5.41) is 14.8. The van der Waals surface area contributed by atoms with E-state index in [2.05, 4.69) is 45.1 Å². The van der Waals surface area contributed by atoms with Crippen molar-refractivity contribution in [2.24, 2.45) is 0 Å². The van der Waals surface area contributed by atoms with Crippen molar-refractivity contribution in [3.63, 3.8) is 0 Å². The Kier molecular flexibility index (Phi) is 6.24. The fourth-order valence-corrected chi connectivity index (χ4v) is 4.84. The first-order valence-electron chi connectivity index (χ1n) is 11.9. The van der Waals surface area contributed by atoms with Gasteiger partial charge in [0.05, 0.1) is 5.39 Å². The molecule has 8 nitrogen and oxygen atoms in total. The van der Waals surface area contributed by atoms with Gasteiger partial charge in [-0.1, -0.05) is 30.3 Å². The summed E-state index contributed by atoms with van der Waals surface area (Å²) < 4.78 is 0. The fourth-order valence-electron chi connectivity index (χ4n) is 4.84. The first-order chi connectivity index (χ1) is 16.2. The zero-order valence-corrected chi connectivity index (χ0v) is 18.7. The lowest BCUT2D eigenvalue weighted by Gasteiger charge is -2.32. The normalized spacial score (nSPS) is 19.1. The number of piperidine rings is 1. The average Bonchev–Trinajstić information content (AvgIpc) is 3.47. The largest absolute Gasteiger partial charge is 0.364 e. The molecule has 4 heterocycles. The van der Waals surface area contributed by atoms with E-state index in [9.17, 15) is 9.59 Å². The van der Waals surface area contributed by atoms with E-state index in [1.165, 1.54) is 5.56 Å². The lowest BCUT2D eigenvalue weighted by Crippen LogP contribution is -2.38. The number of nitrogens with one attached hydrogen (secondary N) is 3. The highest BCUT2D eigenvalue weighted by Crippen LogP contribution is 2.29. The maximum Gasteiger partial charge on any atom is 0.222 e. The number of hydrogen-bond acceptors (Lipinski definition) is 5. The van der Waals surface area contributed by atoms with E-state index in [1.807, 2.05) is 23.1 Å². The third-order valence-corrected chi connectivity index (χ3v) is 6.81. The molecule has 0 bridgehead atoms. The van der Waals surface area contributed by atoms with Gasteiger partial charge in [-0.05, 0) is 43.4 Å². The van der Waals surface area contributed by atoms with E-state index in [0.29, 0.717) is 25.3 Å². The minimum Gasteiger partial charge on any atom is -0.364 e. The predicted molar refractivity (Wildman–Crippen MR) is 127 cm³/mol. The molecule has 1 atom stereocenters. The summed E-state index contributed by atoms with van der Waals surface area (Å²) in [7, 11) is 0. The predicted octanol–water partition coefficient (Wildman–Crippen LogP) is 3.33. The van der Waals surface area contributed by atoms with Crippen molar-refractivity contribution in [3.8, 4) is 0 Å². The molecule has 3 aromatic rings. The Morgan fingerprint density at radius 1 is 1.09 bits per heavy atom. The highest BCUT2D eigenvalue weighted by molar-refractivity contribution is 5.87. The molecule has 0 unspecified atom stereocenters. The second kappa shape index (κ2) is 9.60. The molecule has 0 aliphatic carbocycles. The summed E-state index contributed by atoms with van der Waals surface area (Å²) >= 11 is 0. The second-order valence-corrected chi connectivity index (χ2v) is 9.04. The van der Waals surface area contributed by atoms with Crippen LogP contribution in [0.5, 0.6) is 0 Å². The number of nitrogens with zero attached hydrogens (tertiary/aromatic N) is 3. The number of aromatic nitrogens is 3. The van der Waals surface area contributed by atoms with E-state index in [4.69, 9.17) is 4.98 Å². The van der Waals surface area contributed by atoms with Crippen LogP contribution in [-0.4, -0.2) is 51.0 Å². The van der Waals surface area contributed by atoms with Gasteiger partial charge in [-0.2, -0.15) is 5.10 Å². The third-order valence-electron chi connectivity index (χ3n) is 6.81. The molecule has 1 aromatic carbocycles. The minimum atomic E-state index is 0.106. The van der Waals surface area contributed by atoms with Crippen LogP contribution in [0.3, 0.4) is 0 Å². The Bertz CT molecular complexity index is 1120. The number of aromatic amines is 1. The lowest BCUT2D eigenvalue weighted by atomic mass is 9.92. The summed E-state index contributed by atoms with van der Waals surface area (Å²) in [6.07, 6.45) is 4.51. The van der Waals surface area contributed by atoms with Crippen LogP contribution in [-0.2, 0) is 16.1 Å². The highest BCUT2D eigenvalue weighted by atomic mass is 16.2. The van der Waals surface area contributed by atoms with Crippen molar-refractivity contribution in [3.05, 3.63) is 53.7 Å². The van der Waals surface area contributed by atoms with Crippen LogP contribution in [0.4, 0.5) is 5.82 Å². The summed E-state index contributed by atoms with van der Waals surface area (Å²) in [4.78, 5) is 30.7. The number of benzene rings is 1. The van der Waals surface area contributed by atoms with Crippen molar-refractivity contribution < 1.29 is 9.59 Å². The SMILES string of the molecule is O=C1CC[C@H](CCC(=O)N2CCC(c3ccc4c(NCc5ccccc5)n[nH]c4n3)CC2)N1. The number of carbonyl (C=O) groups is 2. The molecule has 0 radical (unpaired) electrons. The standard InChI is InChI=1S/C25H30N6O2/c32-22-10-6-19(27-22)7-11-23(33)31-14-12-18(13-15-31)21-9-8-20-24(29-30-25(20)28-21)26-16-17-4-2-1-3-5-17/h1-5,8-9,18-19H,6-7,10-16H2,(H,27,32)(H2,26,28,29,30)/t19-/m1/s1. The van der Waals surface area contributed by atoms with Gasteiger partial charge < -0.3 is 15.5 Å². The van der Waals surface area contributed by atoms with Gasteiger partial charge in [-0.15, -0.1) is 0 Å². The molecule has 2 aliphatic rings. The van der Waals surface area contributed by atoms with Gasteiger partial charge in [-0.3, -0.25) is 14.7 Å². The quantitative estimate of drug-likeness (QED) is 0.517. The van der Waals surface area contributed by atoms with Crippen molar-refractivity contribution in [2.75, 3.05) is 18.4 Å². The molecule has 0 saturated carbocycles. The molecule has 3 N–H and O–H groups in total. The molecule has 5 rings (SSSR count). The highest BCUT2D eigenvalue weighted by Gasteiger charge is 2.27. The number of rotatable bonds is 7. The molecule has 0 spiro atoms. The smallest absolute Gasteiger partial charge is 0.222 e. The van der Waals surface area contributed by atoms with Gasteiger partial charge in [0, 0.05) is 50.1 Å². The van der Waals surface area contributed by atoms with Crippen molar-refractivity contribution in [2.45, 2.75) is 57.0 Å². The topological polar surface area (TPSA) is 103 Å². The van der Waals surface area contributed by atoms with Crippen LogP contribution in [0.1, 0.15) is 55.7 Å². The number of pyridine rings is 1. The van der Waals surface area contributed by atoms with Gasteiger partial charge >= 0.3 is 0 Å². The van der Waals surface area contributed by atoms with Crippen LogP contribution in [0, 0.1) is 0 Å². The fraction of sp³-hybridized carbons (Fsp3) is 0.440. The summed E-state index contributed by atoms with van der Waals surface area (Å²) in [6, 6.07) is 14.6. The minimum absolute atomic E-state index is 0.106. The molecule has 2 fully saturated rings. The molecule has 33 heavy (non-hydrogen) atoms. The van der Waals surface area contributed by atoms with Gasteiger partial charge in [0.15, 0.2) is 11.5 Å².